The van der Waals surface area contributed by atoms with Crippen LogP contribution in [0.4, 0.5) is 0 Å². The second-order valence-electron chi connectivity index (χ2n) is 5.53. The first-order valence-corrected chi connectivity index (χ1v) is 7.16. The maximum absolute atomic E-state index is 12.5. The van der Waals surface area contributed by atoms with Gasteiger partial charge < -0.3 is 9.64 Å². The monoisotopic (exact) mass is 281 g/mol. The summed E-state index contributed by atoms with van der Waals surface area (Å²) in [4.78, 5) is 14.2. The Balaban J connectivity index is 2.13. The Morgan fingerprint density at radius 3 is 2.43 bits per heavy atom. The smallest absolute Gasteiger partial charge is 0.256 e. The highest BCUT2D eigenvalue weighted by Gasteiger charge is 2.31. The van der Waals surface area contributed by atoms with Crippen LogP contribution in [0, 0.1) is 6.92 Å². The second kappa shape index (κ2) is 5.34. The van der Waals surface area contributed by atoms with Crippen LogP contribution in [-0.2, 0) is 4.74 Å². The quantitative estimate of drug-likeness (QED) is 0.800. The fourth-order valence-electron chi connectivity index (χ4n) is 2.64. The first-order valence-electron chi connectivity index (χ1n) is 7.16. The van der Waals surface area contributed by atoms with E-state index < -0.39 is 0 Å². The Bertz CT molecular complexity index is 663. The summed E-state index contributed by atoms with van der Waals surface area (Å²) in [5.74, 6) is 0.00714. The highest BCUT2D eigenvalue weighted by atomic mass is 16.5. The van der Waals surface area contributed by atoms with Crippen molar-refractivity contribution >= 4 is 5.91 Å². The van der Waals surface area contributed by atoms with Crippen LogP contribution in [0.3, 0.4) is 0 Å². The molecule has 2 atom stereocenters. The van der Waals surface area contributed by atoms with Crippen LogP contribution in [0.25, 0.3) is 0 Å². The number of hydrogen-bond acceptors (Lipinski definition) is 2. The normalized spacial score (nSPS) is 21.9. The molecule has 0 saturated carbocycles. The van der Waals surface area contributed by atoms with Gasteiger partial charge in [-0.25, -0.2) is 0 Å². The molecule has 3 rings (SSSR count). The molecule has 0 aliphatic carbocycles. The van der Waals surface area contributed by atoms with Crippen molar-refractivity contribution in [1.29, 1.82) is 0 Å². The van der Waals surface area contributed by atoms with Crippen LogP contribution in [0.1, 0.15) is 40.1 Å². The molecule has 1 aliphatic rings. The number of carbonyl (C=O) groups excluding carboxylic acids is 1. The van der Waals surface area contributed by atoms with Gasteiger partial charge in [0.05, 0.1) is 0 Å². The minimum atomic E-state index is -0.267. The van der Waals surface area contributed by atoms with E-state index in [9.17, 15) is 4.79 Å². The molecule has 0 fully saturated rings. The maximum atomic E-state index is 12.5. The number of fused-ring (bicyclic) bond motifs is 1. The van der Waals surface area contributed by atoms with Crippen molar-refractivity contribution < 1.29 is 9.53 Å². The predicted octanol–water partition coefficient (Wildman–Crippen LogP) is 3.53. The summed E-state index contributed by atoms with van der Waals surface area (Å²) < 4.78 is 6.15. The van der Waals surface area contributed by atoms with Gasteiger partial charge in [0.2, 0.25) is 0 Å². The molecule has 3 nitrogen and oxygen atoms in total. The van der Waals surface area contributed by atoms with E-state index in [-0.39, 0.29) is 18.2 Å². The molecule has 1 amide bonds. The number of amides is 1. The van der Waals surface area contributed by atoms with Gasteiger partial charge in [-0.15, -0.1) is 0 Å². The van der Waals surface area contributed by atoms with Gasteiger partial charge >= 0.3 is 0 Å². The summed E-state index contributed by atoms with van der Waals surface area (Å²) in [5, 5.41) is 0. The molecule has 0 bridgehead atoms. The predicted molar refractivity (Wildman–Crippen MR) is 82.1 cm³/mol. The minimum Gasteiger partial charge on any atom is -0.346 e. The molecule has 0 aromatic heterocycles. The number of ether oxygens (including phenoxy) is 1. The zero-order chi connectivity index (χ0) is 15.0. The Hall–Kier alpha value is -2.13. The number of aryl methyl sites for hydroxylation is 1. The van der Waals surface area contributed by atoms with Gasteiger partial charge in [0, 0.05) is 12.6 Å². The number of benzene rings is 2. The van der Waals surface area contributed by atoms with Crippen molar-refractivity contribution in [2.75, 3.05) is 7.05 Å². The standard InChI is InChI=1S/C18H19NO2/c1-12-8-10-14(11-9-12)17-15-6-4-5-7-16(15)18(20)19(3)13(2)21-17/h4-11,13,17H,1-3H3/t13-,17-/m1/s1. The molecule has 0 radical (unpaired) electrons. The van der Waals surface area contributed by atoms with E-state index >= 15 is 0 Å². The molecule has 1 aliphatic heterocycles. The molecule has 0 N–H and O–H groups in total. The van der Waals surface area contributed by atoms with Gasteiger partial charge in [0.25, 0.3) is 5.91 Å². The molecule has 2 aromatic rings. The van der Waals surface area contributed by atoms with E-state index in [4.69, 9.17) is 4.74 Å². The Morgan fingerprint density at radius 2 is 1.71 bits per heavy atom. The van der Waals surface area contributed by atoms with E-state index in [1.165, 1.54) is 5.56 Å². The molecule has 21 heavy (non-hydrogen) atoms. The third-order valence-electron chi connectivity index (χ3n) is 4.05. The van der Waals surface area contributed by atoms with Crippen molar-refractivity contribution in [3.8, 4) is 0 Å². The lowest BCUT2D eigenvalue weighted by Crippen LogP contribution is -2.35. The summed E-state index contributed by atoms with van der Waals surface area (Å²) in [5.41, 5.74) is 3.93. The topological polar surface area (TPSA) is 29.5 Å². The zero-order valence-corrected chi connectivity index (χ0v) is 12.5. The largest absolute Gasteiger partial charge is 0.346 e. The summed E-state index contributed by atoms with van der Waals surface area (Å²) in [6, 6.07) is 16.0. The van der Waals surface area contributed by atoms with E-state index in [0.29, 0.717) is 0 Å². The van der Waals surface area contributed by atoms with Crippen molar-refractivity contribution in [2.45, 2.75) is 26.2 Å². The lowest BCUT2D eigenvalue weighted by molar-refractivity contribution is -0.0482. The van der Waals surface area contributed by atoms with Crippen LogP contribution in [0.5, 0.6) is 0 Å². The Morgan fingerprint density at radius 1 is 1.05 bits per heavy atom. The van der Waals surface area contributed by atoms with E-state index in [1.807, 2.05) is 31.2 Å². The van der Waals surface area contributed by atoms with E-state index in [0.717, 1.165) is 16.7 Å². The third-order valence-corrected chi connectivity index (χ3v) is 4.05. The summed E-state index contributed by atoms with van der Waals surface area (Å²) >= 11 is 0. The fraction of sp³-hybridized carbons (Fsp3) is 0.278. The molecule has 3 heteroatoms. The number of rotatable bonds is 1. The summed E-state index contributed by atoms with van der Waals surface area (Å²) in [7, 11) is 1.78. The fourth-order valence-corrected chi connectivity index (χ4v) is 2.64. The van der Waals surface area contributed by atoms with Crippen molar-refractivity contribution in [3.63, 3.8) is 0 Å². The van der Waals surface area contributed by atoms with E-state index in [2.05, 4.69) is 31.2 Å². The number of hydrogen-bond donors (Lipinski definition) is 0. The van der Waals surface area contributed by atoms with Crippen LogP contribution < -0.4 is 0 Å². The van der Waals surface area contributed by atoms with Crippen LogP contribution in [0.2, 0.25) is 0 Å². The molecule has 0 saturated heterocycles. The summed E-state index contributed by atoms with van der Waals surface area (Å²) in [6.07, 6.45) is -0.484. The number of carbonyl (C=O) groups is 1. The molecule has 0 unspecified atom stereocenters. The zero-order valence-electron chi connectivity index (χ0n) is 12.5. The second-order valence-corrected chi connectivity index (χ2v) is 5.53. The van der Waals surface area contributed by atoms with Crippen molar-refractivity contribution in [3.05, 3.63) is 70.8 Å². The number of nitrogens with zero attached hydrogens (tertiary/aromatic N) is 1. The van der Waals surface area contributed by atoms with Gasteiger partial charge in [0.15, 0.2) is 0 Å². The van der Waals surface area contributed by atoms with Crippen LogP contribution >= 0.6 is 0 Å². The third kappa shape index (κ3) is 2.45. The minimum absolute atomic E-state index is 0.00714. The van der Waals surface area contributed by atoms with Crippen LogP contribution in [0.15, 0.2) is 48.5 Å². The van der Waals surface area contributed by atoms with Gasteiger partial charge in [0.1, 0.15) is 12.3 Å². The maximum Gasteiger partial charge on any atom is 0.256 e. The van der Waals surface area contributed by atoms with Crippen molar-refractivity contribution in [2.24, 2.45) is 0 Å². The average Bonchev–Trinajstić information content (AvgIpc) is 2.60. The van der Waals surface area contributed by atoms with E-state index in [1.54, 1.807) is 11.9 Å². The summed E-state index contributed by atoms with van der Waals surface area (Å²) in [6.45, 7) is 3.97. The Labute approximate surface area is 125 Å². The highest BCUT2D eigenvalue weighted by molar-refractivity contribution is 5.96. The molecule has 2 aromatic carbocycles. The molecular formula is C18H19NO2. The van der Waals surface area contributed by atoms with Gasteiger partial charge in [-0.3, -0.25) is 4.79 Å². The van der Waals surface area contributed by atoms with Gasteiger partial charge in [-0.05, 0) is 31.0 Å². The van der Waals surface area contributed by atoms with Gasteiger partial charge in [-0.2, -0.15) is 0 Å². The lowest BCUT2D eigenvalue weighted by Gasteiger charge is -2.25. The highest BCUT2D eigenvalue weighted by Crippen LogP contribution is 2.33. The van der Waals surface area contributed by atoms with Gasteiger partial charge in [-0.1, -0.05) is 48.0 Å². The van der Waals surface area contributed by atoms with Crippen molar-refractivity contribution in [1.82, 2.24) is 4.90 Å². The molecule has 108 valence electrons. The SMILES string of the molecule is Cc1ccc([C@H]2O[C@H](C)N(C)C(=O)c3ccccc32)cc1. The average molecular weight is 281 g/mol. The molecule has 0 spiro atoms. The first-order chi connectivity index (χ1) is 10.1. The Kier molecular flexibility index (Phi) is 3.52. The molecular weight excluding hydrogens is 262 g/mol. The molecule has 1 heterocycles. The first kappa shape index (κ1) is 13.8. The van der Waals surface area contributed by atoms with Crippen LogP contribution in [-0.4, -0.2) is 24.1 Å². The lowest BCUT2D eigenvalue weighted by atomic mass is 9.96.